The molecule has 0 saturated heterocycles. The van der Waals surface area contributed by atoms with Crippen molar-refractivity contribution in [3.63, 3.8) is 0 Å². The highest BCUT2D eigenvalue weighted by molar-refractivity contribution is 6.31. The largest absolute Gasteiger partial charge is 0.493 e. The van der Waals surface area contributed by atoms with Crippen molar-refractivity contribution in [2.24, 2.45) is 5.41 Å². The van der Waals surface area contributed by atoms with E-state index in [-0.39, 0.29) is 5.41 Å². The van der Waals surface area contributed by atoms with E-state index >= 15 is 0 Å². The van der Waals surface area contributed by atoms with Crippen LogP contribution in [0.25, 0.3) is 0 Å². The van der Waals surface area contributed by atoms with E-state index in [1.165, 1.54) is 0 Å². The fourth-order valence-electron chi connectivity index (χ4n) is 1.57. The Labute approximate surface area is 120 Å². The third kappa shape index (κ3) is 5.10. The number of benzene rings is 1. The van der Waals surface area contributed by atoms with Crippen molar-refractivity contribution in [2.75, 3.05) is 13.2 Å². The van der Waals surface area contributed by atoms with Gasteiger partial charge < -0.3 is 10.1 Å². The van der Waals surface area contributed by atoms with E-state index in [0.29, 0.717) is 24.6 Å². The van der Waals surface area contributed by atoms with Gasteiger partial charge >= 0.3 is 0 Å². The lowest BCUT2D eigenvalue weighted by Crippen LogP contribution is -2.16. The molecule has 0 atom stereocenters. The lowest BCUT2D eigenvalue weighted by molar-refractivity contribution is 0.262. The minimum atomic E-state index is -0.361. The van der Waals surface area contributed by atoms with Gasteiger partial charge in [-0.2, -0.15) is 5.26 Å². The second kappa shape index (κ2) is 7.37. The van der Waals surface area contributed by atoms with E-state index in [2.05, 4.69) is 11.4 Å². The van der Waals surface area contributed by atoms with E-state index in [0.717, 1.165) is 17.9 Å². The van der Waals surface area contributed by atoms with Gasteiger partial charge in [0.25, 0.3) is 0 Å². The maximum atomic E-state index is 8.97. The summed E-state index contributed by atoms with van der Waals surface area (Å²) in [5.41, 5.74) is 0.612. The molecule has 0 fully saturated rings. The molecule has 0 aliphatic rings. The first-order valence-corrected chi connectivity index (χ1v) is 6.90. The smallest absolute Gasteiger partial charge is 0.125 e. The molecule has 19 heavy (non-hydrogen) atoms. The normalized spacial score (nSPS) is 11.1. The quantitative estimate of drug-likeness (QED) is 0.827. The van der Waals surface area contributed by atoms with Gasteiger partial charge in [0.05, 0.1) is 18.1 Å². The minimum absolute atomic E-state index is 0.361. The summed E-state index contributed by atoms with van der Waals surface area (Å²) in [4.78, 5) is 0. The second-order valence-electron chi connectivity index (χ2n) is 5.09. The van der Waals surface area contributed by atoms with Crippen LogP contribution in [-0.4, -0.2) is 13.2 Å². The molecule has 0 radical (unpaired) electrons. The van der Waals surface area contributed by atoms with Crippen molar-refractivity contribution in [3.05, 3.63) is 28.8 Å². The number of halogens is 1. The zero-order chi connectivity index (χ0) is 14.3. The number of hydrogen-bond donors (Lipinski definition) is 1. The Kier molecular flexibility index (Phi) is 6.14. The van der Waals surface area contributed by atoms with Gasteiger partial charge in [0.15, 0.2) is 0 Å². The molecule has 3 nitrogen and oxygen atoms in total. The summed E-state index contributed by atoms with van der Waals surface area (Å²) in [6.07, 6.45) is 0.691. The Balaban J connectivity index is 2.67. The first-order valence-electron chi connectivity index (χ1n) is 6.52. The van der Waals surface area contributed by atoms with Crippen LogP contribution in [0.5, 0.6) is 5.75 Å². The molecule has 1 N–H and O–H groups in total. The Morgan fingerprint density at radius 2 is 2.16 bits per heavy atom. The van der Waals surface area contributed by atoms with Gasteiger partial charge in [-0.05, 0) is 38.9 Å². The van der Waals surface area contributed by atoms with Gasteiger partial charge in [0, 0.05) is 17.1 Å². The average Bonchev–Trinajstić information content (AvgIpc) is 2.38. The second-order valence-corrected chi connectivity index (χ2v) is 5.50. The fourth-order valence-corrected chi connectivity index (χ4v) is 1.80. The number of nitrogens with one attached hydrogen (secondary N) is 1. The number of nitriles is 1. The zero-order valence-corrected chi connectivity index (χ0v) is 12.5. The third-order valence-electron chi connectivity index (χ3n) is 2.91. The summed E-state index contributed by atoms with van der Waals surface area (Å²) >= 11 is 6.19. The van der Waals surface area contributed by atoms with Crippen molar-refractivity contribution in [3.8, 4) is 11.8 Å². The molecule has 0 bridgehead atoms. The molecule has 4 heteroatoms. The van der Waals surface area contributed by atoms with Crippen LogP contribution in [0.3, 0.4) is 0 Å². The maximum Gasteiger partial charge on any atom is 0.125 e. The van der Waals surface area contributed by atoms with E-state index in [9.17, 15) is 0 Å². The molecule has 0 spiro atoms. The maximum absolute atomic E-state index is 8.97. The Hall–Kier alpha value is -1.24. The lowest BCUT2D eigenvalue weighted by Gasteiger charge is -2.17. The first-order chi connectivity index (χ1) is 9.00. The summed E-state index contributed by atoms with van der Waals surface area (Å²) in [5.74, 6) is 0.794. The van der Waals surface area contributed by atoms with Crippen LogP contribution >= 0.6 is 11.6 Å². The fraction of sp³-hybridized carbons (Fsp3) is 0.533. The number of rotatable bonds is 7. The predicted octanol–water partition coefficient (Wildman–Crippen LogP) is 3.77. The monoisotopic (exact) mass is 280 g/mol. The zero-order valence-electron chi connectivity index (χ0n) is 11.8. The van der Waals surface area contributed by atoms with Gasteiger partial charge in [0.1, 0.15) is 5.75 Å². The molecule has 0 aromatic heterocycles. The lowest BCUT2D eigenvalue weighted by atomic mass is 9.92. The van der Waals surface area contributed by atoms with Crippen molar-refractivity contribution >= 4 is 11.6 Å². The van der Waals surface area contributed by atoms with Gasteiger partial charge in [0.2, 0.25) is 0 Å². The Bertz CT molecular complexity index is 452. The van der Waals surface area contributed by atoms with Crippen LogP contribution in [0.2, 0.25) is 5.02 Å². The Morgan fingerprint density at radius 3 is 2.79 bits per heavy atom. The SMILES string of the molecule is CCNCc1c(Cl)cccc1OCCC(C)(C)C#N. The van der Waals surface area contributed by atoms with Crippen LogP contribution in [-0.2, 0) is 6.54 Å². The molecule has 0 aliphatic carbocycles. The van der Waals surface area contributed by atoms with Crippen LogP contribution in [0.15, 0.2) is 18.2 Å². The molecule has 104 valence electrons. The topological polar surface area (TPSA) is 45.0 Å². The summed E-state index contributed by atoms with van der Waals surface area (Å²) in [6, 6.07) is 7.92. The van der Waals surface area contributed by atoms with Crippen molar-refractivity contribution in [2.45, 2.75) is 33.7 Å². The molecule has 1 aromatic carbocycles. The van der Waals surface area contributed by atoms with Crippen molar-refractivity contribution in [1.29, 1.82) is 5.26 Å². The molecule has 0 unspecified atom stereocenters. The van der Waals surface area contributed by atoms with Gasteiger partial charge in [-0.25, -0.2) is 0 Å². The van der Waals surface area contributed by atoms with Crippen LogP contribution in [0, 0.1) is 16.7 Å². The molecular formula is C15H21ClN2O. The van der Waals surface area contributed by atoms with E-state index in [1.54, 1.807) is 0 Å². The molecular weight excluding hydrogens is 260 g/mol. The summed E-state index contributed by atoms with van der Waals surface area (Å²) in [5, 5.41) is 12.9. The number of nitrogens with zero attached hydrogens (tertiary/aromatic N) is 1. The van der Waals surface area contributed by atoms with Crippen LogP contribution < -0.4 is 10.1 Å². The van der Waals surface area contributed by atoms with Gasteiger partial charge in [-0.1, -0.05) is 24.6 Å². The summed E-state index contributed by atoms with van der Waals surface area (Å²) in [6.45, 7) is 7.95. The van der Waals surface area contributed by atoms with E-state index in [4.69, 9.17) is 21.6 Å². The van der Waals surface area contributed by atoms with Crippen LogP contribution in [0.1, 0.15) is 32.8 Å². The Morgan fingerprint density at radius 1 is 1.42 bits per heavy atom. The number of ether oxygens (including phenoxy) is 1. The third-order valence-corrected chi connectivity index (χ3v) is 3.27. The summed E-state index contributed by atoms with van der Waals surface area (Å²) < 4.78 is 5.78. The number of hydrogen-bond acceptors (Lipinski definition) is 3. The predicted molar refractivity (Wildman–Crippen MR) is 78.3 cm³/mol. The molecule has 1 rings (SSSR count). The first kappa shape index (κ1) is 15.8. The molecule has 0 heterocycles. The highest BCUT2D eigenvalue weighted by Crippen LogP contribution is 2.27. The molecule has 1 aromatic rings. The average molecular weight is 281 g/mol. The van der Waals surface area contributed by atoms with Crippen molar-refractivity contribution in [1.82, 2.24) is 5.32 Å². The van der Waals surface area contributed by atoms with E-state index in [1.807, 2.05) is 39.0 Å². The molecule has 0 aliphatic heterocycles. The van der Waals surface area contributed by atoms with Gasteiger partial charge in [-0.15, -0.1) is 0 Å². The highest BCUT2D eigenvalue weighted by Gasteiger charge is 2.17. The summed E-state index contributed by atoms with van der Waals surface area (Å²) in [7, 11) is 0. The van der Waals surface area contributed by atoms with Gasteiger partial charge in [-0.3, -0.25) is 0 Å². The molecule has 0 saturated carbocycles. The standard InChI is InChI=1S/C15H21ClN2O/c1-4-18-10-12-13(16)6-5-7-14(12)19-9-8-15(2,3)11-17/h5-7,18H,4,8-10H2,1-3H3. The van der Waals surface area contributed by atoms with Crippen LogP contribution in [0.4, 0.5) is 0 Å². The van der Waals surface area contributed by atoms with Crippen molar-refractivity contribution < 1.29 is 4.74 Å². The molecule has 0 amide bonds. The highest BCUT2D eigenvalue weighted by atomic mass is 35.5. The minimum Gasteiger partial charge on any atom is -0.493 e. The van der Waals surface area contributed by atoms with E-state index < -0.39 is 0 Å².